The van der Waals surface area contributed by atoms with Gasteiger partial charge in [-0.2, -0.15) is 0 Å². The number of rotatable bonds is 3. The maximum absolute atomic E-state index is 11.8. The third-order valence-corrected chi connectivity index (χ3v) is 3.66. The summed E-state index contributed by atoms with van der Waals surface area (Å²) in [7, 11) is 0. The molecule has 2 fully saturated rings. The highest BCUT2D eigenvalue weighted by molar-refractivity contribution is 5.85. The van der Waals surface area contributed by atoms with E-state index in [2.05, 4.69) is 10.6 Å². The van der Waals surface area contributed by atoms with E-state index in [0.29, 0.717) is 18.7 Å². The monoisotopic (exact) mass is 241 g/mol. The Bertz CT molecular complexity index is 306. The highest BCUT2D eigenvalue weighted by atomic mass is 16.5. The number of quaternary nitrogens is 1. The number of esters is 1. The standard InChI is InChI=1S/C12H20N2O3/c1-2-17-11(15)7-10-12(16)14-9-6-4-3-5-8(9)13-10/h8-10,13H,2-7H2,1H3,(H,14,16)/p+1/t8-,9+,10-/m0/s1. The van der Waals surface area contributed by atoms with Gasteiger partial charge in [0.15, 0.2) is 6.04 Å². The number of carbonyl (C=O) groups is 2. The molecule has 1 heterocycles. The first-order chi connectivity index (χ1) is 8.20. The number of hydrogen-bond donors (Lipinski definition) is 2. The van der Waals surface area contributed by atoms with Gasteiger partial charge in [0.05, 0.1) is 12.6 Å². The minimum Gasteiger partial charge on any atom is -0.466 e. The third kappa shape index (κ3) is 2.97. The molecule has 5 nitrogen and oxygen atoms in total. The van der Waals surface area contributed by atoms with E-state index in [0.717, 1.165) is 12.8 Å². The van der Waals surface area contributed by atoms with E-state index in [-0.39, 0.29) is 24.3 Å². The molecule has 0 spiro atoms. The van der Waals surface area contributed by atoms with E-state index >= 15 is 0 Å². The van der Waals surface area contributed by atoms with Crippen LogP contribution >= 0.6 is 0 Å². The molecule has 1 amide bonds. The molecule has 3 atom stereocenters. The summed E-state index contributed by atoms with van der Waals surface area (Å²) < 4.78 is 4.89. The van der Waals surface area contributed by atoms with Gasteiger partial charge in [0.25, 0.3) is 5.91 Å². The molecule has 1 aliphatic carbocycles. The van der Waals surface area contributed by atoms with E-state index in [9.17, 15) is 9.59 Å². The van der Waals surface area contributed by atoms with Crippen molar-refractivity contribution in [3.8, 4) is 0 Å². The fourth-order valence-corrected chi connectivity index (χ4v) is 2.80. The first-order valence-corrected chi connectivity index (χ1v) is 6.51. The Morgan fingerprint density at radius 3 is 3.00 bits per heavy atom. The van der Waals surface area contributed by atoms with E-state index in [1.165, 1.54) is 12.8 Å². The van der Waals surface area contributed by atoms with Crippen LogP contribution in [0.2, 0.25) is 0 Å². The lowest BCUT2D eigenvalue weighted by Crippen LogP contribution is -3.03. The quantitative estimate of drug-likeness (QED) is 0.643. The Hall–Kier alpha value is -1.10. The van der Waals surface area contributed by atoms with Crippen LogP contribution in [0.5, 0.6) is 0 Å². The van der Waals surface area contributed by atoms with Gasteiger partial charge >= 0.3 is 5.97 Å². The van der Waals surface area contributed by atoms with Gasteiger partial charge < -0.3 is 15.4 Å². The minimum atomic E-state index is -0.298. The van der Waals surface area contributed by atoms with Gasteiger partial charge in [0.1, 0.15) is 12.5 Å². The molecule has 0 unspecified atom stereocenters. The maximum Gasteiger partial charge on any atom is 0.312 e. The normalized spacial score (nSPS) is 32.5. The molecular formula is C12H21N2O3+. The van der Waals surface area contributed by atoms with Crippen molar-refractivity contribution in [2.24, 2.45) is 0 Å². The molecular weight excluding hydrogens is 220 g/mol. The molecule has 1 saturated carbocycles. The molecule has 2 aliphatic rings. The van der Waals surface area contributed by atoms with Crippen LogP contribution in [-0.2, 0) is 14.3 Å². The topological polar surface area (TPSA) is 72.0 Å². The molecule has 1 aliphatic heterocycles. The molecule has 1 saturated heterocycles. The predicted octanol–water partition coefficient (Wildman–Crippen LogP) is -0.687. The zero-order valence-corrected chi connectivity index (χ0v) is 10.3. The Labute approximate surface area is 101 Å². The molecule has 0 radical (unpaired) electrons. The molecule has 5 heteroatoms. The summed E-state index contributed by atoms with van der Waals surface area (Å²) in [6.07, 6.45) is 4.80. The van der Waals surface area contributed by atoms with Crippen molar-refractivity contribution < 1.29 is 19.6 Å². The number of nitrogens with one attached hydrogen (secondary N) is 1. The summed E-state index contributed by atoms with van der Waals surface area (Å²) in [5.41, 5.74) is 0. The number of hydrogen-bond acceptors (Lipinski definition) is 3. The average molecular weight is 241 g/mol. The summed E-state index contributed by atoms with van der Waals surface area (Å²) in [5, 5.41) is 5.11. The Morgan fingerprint density at radius 2 is 2.24 bits per heavy atom. The molecule has 0 aromatic heterocycles. The van der Waals surface area contributed by atoms with E-state index < -0.39 is 0 Å². The van der Waals surface area contributed by atoms with E-state index in [1.54, 1.807) is 6.92 Å². The van der Waals surface area contributed by atoms with Crippen molar-refractivity contribution in [1.29, 1.82) is 0 Å². The van der Waals surface area contributed by atoms with E-state index in [4.69, 9.17) is 4.74 Å². The van der Waals surface area contributed by atoms with Gasteiger partial charge in [-0.25, -0.2) is 0 Å². The smallest absolute Gasteiger partial charge is 0.312 e. The largest absolute Gasteiger partial charge is 0.466 e. The van der Waals surface area contributed by atoms with Crippen molar-refractivity contribution in [3.05, 3.63) is 0 Å². The second-order valence-corrected chi connectivity index (χ2v) is 4.87. The average Bonchev–Trinajstić information content (AvgIpc) is 2.30. The third-order valence-electron chi connectivity index (χ3n) is 3.66. The first kappa shape index (κ1) is 12.4. The predicted molar refractivity (Wildman–Crippen MR) is 61.2 cm³/mol. The Kier molecular flexibility index (Phi) is 3.99. The summed E-state index contributed by atoms with van der Waals surface area (Å²) in [6.45, 7) is 2.15. The molecule has 2 rings (SSSR count). The van der Waals surface area contributed by atoms with Crippen LogP contribution in [0.25, 0.3) is 0 Å². The molecule has 96 valence electrons. The van der Waals surface area contributed by atoms with Gasteiger partial charge in [-0.1, -0.05) is 6.42 Å². The highest BCUT2D eigenvalue weighted by Gasteiger charge is 2.40. The lowest BCUT2D eigenvalue weighted by atomic mass is 9.87. The lowest BCUT2D eigenvalue weighted by Gasteiger charge is -2.37. The van der Waals surface area contributed by atoms with Crippen LogP contribution in [0.4, 0.5) is 0 Å². The van der Waals surface area contributed by atoms with Gasteiger partial charge in [0.2, 0.25) is 0 Å². The first-order valence-electron chi connectivity index (χ1n) is 6.51. The fourth-order valence-electron chi connectivity index (χ4n) is 2.80. The Morgan fingerprint density at radius 1 is 1.47 bits per heavy atom. The number of ether oxygens (including phenoxy) is 1. The second-order valence-electron chi connectivity index (χ2n) is 4.87. The molecule has 0 aromatic rings. The van der Waals surface area contributed by atoms with Crippen LogP contribution in [0.1, 0.15) is 39.0 Å². The summed E-state index contributed by atoms with van der Waals surface area (Å²) in [5.74, 6) is -0.292. The SMILES string of the molecule is CCOC(=O)C[C@@H]1[NH2+][C@H]2CCCC[C@H]2NC1=O. The molecule has 17 heavy (non-hydrogen) atoms. The number of piperazine rings is 1. The van der Waals surface area contributed by atoms with Gasteiger partial charge in [-0.15, -0.1) is 0 Å². The number of fused-ring (bicyclic) bond motifs is 1. The maximum atomic E-state index is 11.8. The highest BCUT2D eigenvalue weighted by Crippen LogP contribution is 2.18. The molecule has 0 aromatic carbocycles. The number of amides is 1. The van der Waals surface area contributed by atoms with Crippen LogP contribution in [0.3, 0.4) is 0 Å². The van der Waals surface area contributed by atoms with Crippen molar-refractivity contribution in [2.75, 3.05) is 6.61 Å². The Balaban J connectivity index is 1.90. The van der Waals surface area contributed by atoms with Gasteiger partial charge in [-0.3, -0.25) is 9.59 Å². The molecule has 3 N–H and O–H groups in total. The minimum absolute atomic E-state index is 0.0128. The van der Waals surface area contributed by atoms with Crippen molar-refractivity contribution in [1.82, 2.24) is 5.32 Å². The fraction of sp³-hybridized carbons (Fsp3) is 0.833. The van der Waals surface area contributed by atoms with Crippen LogP contribution in [0.15, 0.2) is 0 Å². The van der Waals surface area contributed by atoms with Crippen molar-refractivity contribution >= 4 is 11.9 Å². The summed E-state index contributed by atoms with van der Waals surface area (Å²) in [6, 6.07) is 0.448. The van der Waals surface area contributed by atoms with Crippen molar-refractivity contribution in [2.45, 2.75) is 57.2 Å². The zero-order chi connectivity index (χ0) is 12.3. The zero-order valence-electron chi connectivity index (χ0n) is 10.3. The molecule has 0 bridgehead atoms. The van der Waals surface area contributed by atoms with E-state index in [1.807, 2.05) is 0 Å². The van der Waals surface area contributed by atoms with Crippen LogP contribution < -0.4 is 10.6 Å². The number of carbonyl (C=O) groups excluding carboxylic acids is 2. The lowest BCUT2D eigenvalue weighted by molar-refractivity contribution is -0.718. The van der Waals surface area contributed by atoms with Gasteiger partial charge in [-0.05, 0) is 19.8 Å². The van der Waals surface area contributed by atoms with Crippen LogP contribution in [-0.4, -0.2) is 36.6 Å². The number of nitrogens with two attached hydrogens (primary N) is 1. The van der Waals surface area contributed by atoms with Crippen molar-refractivity contribution in [3.63, 3.8) is 0 Å². The van der Waals surface area contributed by atoms with Gasteiger partial charge in [0, 0.05) is 6.42 Å². The van der Waals surface area contributed by atoms with Crippen LogP contribution in [0, 0.1) is 0 Å². The summed E-state index contributed by atoms with van der Waals surface area (Å²) >= 11 is 0. The summed E-state index contributed by atoms with van der Waals surface area (Å²) in [4.78, 5) is 23.2. The second kappa shape index (κ2) is 5.49.